The molecule has 1 heterocycles. The van der Waals surface area contributed by atoms with E-state index in [0.717, 1.165) is 6.20 Å². The van der Waals surface area contributed by atoms with E-state index in [4.69, 9.17) is 0 Å². The summed E-state index contributed by atoms with van der Waals surface area (Å²) in [7, 11) is 0. The molecule has 5 heteroatoms. The molecule has 0 spiro atoms. The highest BCUT2D eigenvalue weighted by atomic mass is 19.1. The molecule has 1 rings (SSSR count). The molecule has 0 aliphatic heterocycles. The minimum Gasteiger partial charge on any atom is -0.463 e. The molecule has 0 N–H and O–H groups in total. The average molecular weight is 223 g/mol. The number of rotatable bonds is 4. The summed E-state index contributed by atoms with van der Waals surface area (Å²) in [6, 6.07) is 1.25. The fourth-order valence-corrected chi connectivity index (χ4v) is 0.997. The topological polar surface area (TPSA) is 56.3 Å². The van der Waals surface area contributed by atoms with Gasteiger partial charge in [-0.05, 0) is 19.1 Å². The molecule has 84 valence electrons. The Bertz CT molecular complexity index is 429. The first-order valence-electron chi connectivity index (χ1n) is 4.63. The molecule has 4 nitrogen and oxygen atoms in total. The van der Waals surface area contributed by atoms with Crippen LogP contribution in [0.4, 0.5) is 4.39 Å². The van der Waals surface area contributed by atoms with Crippen molar-refractivity contribution >= 4 is 18.3 Å². The number of nitrogens with zero attached hydrogens (tertiary/aromatic N) is 1. The number of ether oxygens (including phenoxy) is 1. The molecular formula is C11H10FNO3. The predicted octanol–water partition coefficient (Wildman–Crippen LogP) is 1.61. The van der Waals surface area contributed by atoms with Crippen LogP contribution in [0.2, 0.25) is 0 Å². The van der Waals surface area contributed by atoms with E-state index in [-0.39, 0.29) is 12.2 Å². The van der Waals surface area contributed by atoms with Crippen LogP contribution in [-0.2, 0) is 9.53 Å². The van der Waals surface area contributed by atoms with Crippen LogP contribution < -0.4 is 0 Å². The summed E-state index contributed by atoms with van der Waals surface area (Å²) in [5.74, 6) is -1.20. The van der Waals surface area contributed by atoms with Gasteiger partial charge in [-0.25, -0.2) is 9.18 Å². The first-order chi connectivity index (χ1) is 7.67. The smallest absolute Gasteiger partial charge is 0.330 e. The minimum absolute atomic E-state index is 0.0986. The van der Waals surface area contributed by atoms with Gasteiger partial charge in [0.15, 0.2) is 12.1 Å². The zero-order valence-corrected chi connectivity index (χ0v) is 8.64. The van der Waals surface area contributed by atoms with Crippen molar-refractivity contribution in [1.82, 2.24) is 4.98 Å². The first kappa shape index (κ1) is 12.0. The molecule has 0 aromatic carbocycles. The molecule has 1 aromatic heterocycles. The van der Waals surface area contributed by atoms with Gasteiger partial charge in [0.05, 0.1) is 24.1 Å². The number of halogens is 1. The summed E-state index contributed by atoms with van der Waals surface area (Å²) in [4.78, 5) is 25.1. The lowest BCUT2D eigenvalue weighted by Gasteiger charge is -1.97. The van der Waals surface area contributed by atoms with Crippen molar-refractivity contribution in [2.75, 3.05) is 6.61 Å². The van der Waals surface area contributed by atoms with E-state index in [1.807, 2.05) is 0 Å². The third-order valence-electron chi connectivity index (χ3n) is 1.71. The molecule has 0 amide bonds. The van der Waals surface area contributed by atoms with E-state index in [2.05, 4.69) is 9.72 Å². The zero-order valence-electron chi connectivity index (χ0n) is 8.64. The van der Waals surface area contributed by atoms with Gasteiger partial charge < -0.3 is 4.74 Å². The molecule has 16 heavy (non-hydrogen) atoms. The van der Waals surface area contributed by atoms with Gasteiger partial charge in [0.25, 0.3) is 0 Å². The predicted molar refractivity (Wildman–Crippen MR) is 55.2 cm³/mol. The van der Waals surface area contributed by atoms with Gasteiger partial charge in [0.1, 0.15) is 0 Å². The molecule has 1 aromatic rings. The third kappa shape index (κ3) is 3.27. The largest absolute Gasteiger partial charge is 0.463 e. The minimum atomic E-state index is -0.691. The van der Waals surface area contributed by atoms with Crippen molar-refractivity contribution < 1.29 is 18.7 Å². The summed E-state index contributed by atoms with van der Waals surface area (Å²) < 4.78 is 17.5. The number of aldehydes is 1. The molecule has 0 aliphatic rings. The number of carbonyl (C=O) groups excluding carboxylic acids is 2. The Labute approximate surface area is 91.8 Å². The number of aromatic nitrogens is 1. The van der Waals surface area contributed by atoms with Crippen LogP contribution in [0.1, 0.15) is 23.0 Å². The van der Waals surface area contributed by atoms with Crippen molar-refractivity contribution in [3.8, 4) is 0 Å². The van der Waals surface area contributed by atoms with Crippen molar-refractivity contribution in [3.05, 3.63) is 35.4 Å². The van der Waals surface area contributed by atoms with Crippen LogP contribution in [0.3, 0.4) is 0 Å². The lowest BCUT2D eigenvalue weighted by Crippen LogP contribution is -1.99. The molecule has 0 bridgehead atoms. The van der Waals surface area contributed by atoms with Gasteiger partial charge in [-0.3, -0.25) is 9.78 Å². The monoisotopic (exact) mass is 223 g/mol. The summed E-state index contributed by atoms with van der Waals surface area (Å²) in [6.45, 7) is 1.96. The Morgan fingerprint density at radius 1 is 1.62 bits per heavy atom. The average Bonchev–Trinajstić information content (AvgIpc) is 2.28. The van der Waals surface area contributed by atoms with Gasteiger partial charge in [-0.1, -0.05) is 0 Å². The molecule has 0 radical (unpaired) electrons. The van der Waals surface area contributed by atoms with Gasteiger partial charge >= 0.3 is 5.97 Å². The van der Waals surface area contributed by atoms with Gasteiger partial charge in [-0.15, -0.1) is 0 Å². The summed E-state index contributed by atoms with van der Waals surface area (Å²) in [5, 5.41) is 0. The van der Waals surface area contributed by atoms with Gasteiger partial charge in [0.2, 0.25) is 0 Å². The number of hydrogen-bond donors (Lipinski definition) is 0. The van der Waals surface area contributed by atoms with E-state index in [0.29, 0.717) is 12.0 Å². The van der Waals surface area contributed by atoms with Crippen molar-refractivity contribution in [2.24, 2.45) is 0 Å². The van der Waals surface area contributed by atoms with E-state index in [1.54, 1.807) is 6.92 Å². The molecule has 0 saturated heterocycles. The lowest BCUT2D eigenvalue weighted by atomic mass is 10.2. The van der Waals surface area contributed by atoms with Gasteiger partial charge in [0, 0.05) is 6.08 Å². The van der Waals surface area contributed by atoms with Crippen LogP contribution in [0.25, 0.3) is 6.08 Å². The van der Waals surface area contributed by atoms with Gasteiger partial charge in [-0.2, -0.15) is 0 Å². The Hall–Kier alpha value is -2.04. The maximum Gasteiger partial charge on any atom is 0.330 e. The summed E-state index contributed by atoms with van der Waals surface area (Å²) in [6.07, 6.45) is 3.83. The van der Waals surface area contributed by atoms with E-state index in [1.165, 1.54) is 18.2 Å². The third-order valence-corrected chi connectivity index (χ3v) is 1.71. The van der Waals surface area contributed by atoms with E-state index < -0.39 is 11.8 Å². The number of carbonyl (C=O) groups is 2. The normalized spacial score (nSPS) is 10.4. The van der Waals surface area contributed by atoms with E-state index in [9.17, 15) is 14.0 Å². The Kier molecular flexibility index (Phi) is 4.32. The van der Waals surface area contributed by atoms with E-state index >= 15 is 0 Å². The Morgan fingerprint density at radius 3 is 3.00 bits per heavy atom. The van der Waals surface area contributed by atoms with Crippen LogP contribution in [0, 0.1) is 5.82 Å². The van der Waals surface area contributed by atoms with Crippen molar-refractivity contribution in [3.63, 3.8) is 0 Å². The zero-order chi connectivity index (χ0) is 12.0. The fourth-order valence-electron chi connectivity index (χ4n) is 0.997. The highest BCUT2D eigenvalue weighted by molar-refractivity contribution is 5.87. The second-order valence-electron chi connectivity index (χ2n) is 2.83. The molecule has 0 aliphatic carbocycles. The quantitative estimate of drug-likeness (QED) is 0.442. The fraction of sp³-hybridized carbons (Fsp3) is 0.182. The number of pyridine rings is 1. The standard InChI is InChI=1S/C11H10FNO3/c1-2-16-11(15)4-3-9-5-8(7-14)10(12)6-13-9/h3-7H,2H2,1H3. The highest BCUT2D eigenvalue weighted by Crippen LogP contribution is 2.06. The summed E-state index contributed by atoms with van der Waals surface area (Å²) in [5.41, 5.74) is 0.218. The maximum absolute atomic E-state index is 12.9. The number of hydrogen-bond acceptors (Lipinski definition) is 4. The SMILES string of the molecule is CCOC(=O)C=Cc1cc(C=O)c(F)cn1. The van der Waals surface area contributed by atoms with Crippen LogP contribution in [0.15, 0.2) is 18.3 Å². The van der Waals surface area contributed by atoms with Crippen LogP contribution >= 0.6 is 0 Å². The Morgan fingerprint density at radius 2 is 2.38 bits per heavy atom. The lowest BCUT2D eigenvalue weighted by molar-refractivity contribution is -0.137. The molecule has 0 saturated carbocycles. The summed E-state index contributed by atoms with van der Waals surface area (Å²) >= 11 is 0. The second kappa shape index (κ2) is 5.75. The van der Waals surface area contributed by atoms with Crippen molar-refractivity contribution in [2.45, 2.75) is 6.92 Å². The highest BCUT2D eigenvalue weighted by Gasteiger charge is 2.02. The molecule has 0 atom stereocenters. The van der Waals surface area contributed by atoms with Crippen molar-refractivity contribution in [1.29, 1.82) is 0 Å². The second-order valence-corrected chi connectivity index (χ2v) is 2.83. The first-order valence-corrected chi connectivity index (χ1v) is 4.63. The molecule has 0 unspecified atom stereocenters. The number of esters is 1. The van der Waals surface area contributed by atoms with Crippen LogP contribution in [0.5, 0.6) is 0 Å². The maximum atomic E-state index is 12.9. The molecule has 0 fully saturated rings. The Balaban J connectivity index is 2.82. The molecular weight excluding hydrogens is 213 g/mol. The van der Waals surface area contributed by atoms with Crippen LogP contribution in [-0.4, -0.2) is 23.8 Å².